The second-order valence-electron chi connectivity index (χ2n) is 5.63. The number of hydrogen-bond acceptors (Lipinski definition) is 2. The molecule has 0 aromatic carbocycles. The molecule has 94 valence electrons. The number of rotatable bonds is 6. The average Bonchev–Trinajstić information content (AvgIpc) is 2.40. The van der Waals surface area contributed by atoms with Gasteiger partial charge in [-0.25, -0.2) is 0 Å². The summed E-state index contributed by atoms with van der Waals surface area (Å²) in [5.41, 5.74) is 0.188. The van der Waals surface area contributed by atoms with E-state index in [0.29, 0.717) is 12.3 Å². The Balaban J connectivity index is 2.42. The Morgan fingerprint density at radius 3 is 2.69 bits per heavy atom. The summed E-state index contributed by atoms with van der Waals surface area (Å²) in [4.78, 5) is 13.2. The fourth-order valence-corrected chi connectivity index (χ4v) is 2.79. The smallest absolute Gasteiger partial charge is 0.303 e. The molecule has 1 fully saturated rings. The zero-order chi connectivity index (χ0) is 12.2. The van der Waals surface area contributed by atoms with Crippen LogP contribution in [0.4, 0.5) is 0 Å². The Kier molecular flexibility index (Phi) is 4.78. The quantitative estimate of drug-likeness (QED) is 0.709. The van der Waals surface area contributed by atoms with Crippen LogP contribution in [-0.4, -0.2) is 34.6 Å². The summed E-state index contributed by atoms with van der Waals surface area (Å²) in [5, 5.41) is 8.83. The first-order valence-electron chi connectivity index (χ1n) is 6.42. The van der Waals surface area contributed by atoms with E-state index >= 15 is 0 Å². The summed E-state index contributed by atoms with van der Waals surface area (Å²) in [6.07, 6.45) is 5.10. The van der Waals surface area contributed by atoms with E-state index in [1.807, 2.05) is 0 Å². The maximum absolute atomic E-state index is 10.7. The molecule has 1 rings (SSSR count). The number of hydrogen-bond donors (Lipinski definition) is 1. The molecule has 0 bridgehead atoms. The third-order valence-electron chi connectivity index (χ3n) is 3.62. The highest BCUT2D eigenvalue weighted by Gasteiger charge is 2.38. The van der Waals surface area contributed by atoms with E-state index in [9.17, 15) is 4.79 Å². The summed E-state index contributed by atoms with van der Waals surface area (Å²) in [7, 11) is 0. The monoisotopic (exact) mass is 227 g/mol. The van der Waals surface area contributed by atoms with E-state index in [-0.39, 0.29) is 5.54 Å². The standard InChI is InChI=1S/C13H25NO2/c1-4-5-6-7-14-10-11(8-12(15)16)9-13(14,2)3/h11H,4-10H2,1-3H3,(H,15,16). The molecule has 1 heterocycles. The van der Waals surface area contributed by atoms with Crippen molar-refractivity contribution in [2.24, 2.45) is 5.92 Å². The summed E-state index contributed by atoms with van der Waals surface area (Å²) in [5.74, 6) is -0.315. The molecule has 0 aromatic heterocycles. The van der Waals surface area contributed by atoms with Crippen molar-refractivity contribution in [2.75, 3.05) is 13.1 Å². The number of carbonyl (C=O) groups is 1. The van der Waals surface area contributed by atoms with Gasteiger partial charge in [0.25, 0.3) is 0 Å². The molecule has 1 unspecified atom stereocenters. The number of aliphatic carboxylic acids is 1. The van der Waals surface area contributed by atoms with E-state index in [2.05, 4.69) is 25.7 Å². The molecule has 16 heavy (non-hydrogen) atoms. The first-order valence-corrected chi connectivity index (χ1v) is 6.42. The second-order valence-corrected chi connectivity index (χ2v) is 5.63. The van der Waals surface area contributed by atoms with Crippen LogP contribution in [-0.2, 0) is 4.79 Å². The average molecular weight is 227 g/mol. The molecule has 1 N–H and O–H groups in total. The Hall–Kier alpha value is -0.570. The van der Waals surface area contributed by atoms with E-state index in [1.165, 1.54) is 19.3 Å². The lowest BCUT2D eigenvalue weighted by Crippen LogP contribution is -2.38. The molecule has 0 radical (unpaired) electrons. The maximum atomic E-state index is 10.7. The molecule has 0 spiro atoms. The first kappa shape index (κ1) is 13.5. The van der Waals surface area contributed by atoms with Crippen LogP contribution in [0.2, 0.25) is 0 Å². The predicted octanol–water partition coefficient (Wildman–Crippen LogP) is 2.75. The van der Waals surface area contributed by atoms with Crippen LogP contribution in [0.25, 0.3) is 0 Å². The largest absolute Gasteiger partial charge is 0.481 e. The maximum Gasteiger partial charge on any atom is 0.303 e. The minimum absolute atomic E-state index is 0.188. The first-order chi connectivity index (χ1) is 7.45. The van der Waals surface area contributed by atoms with Crippen LogP contribution in [0, 0.1) is 5.92 Å². The summed E-state index contributed by atoms with van der Waals surface area (Å²) >= 11 is 0. The van der Waals surface area contributed by atoms with Crippen molar-refractivity contribution in [3.05, 3.63) is 0 Å². The molecular weight excluding hydrogens is 202 g/mol. The fourth-order valence-electron chi connectivity index (χ4n) is 2.79. The number of nitrogens with zero attached hydrogens (tertiary/aromatic N) is 1. The van der Waals surface area contributed by atoms with Crippen molar-refractivity contribution >= 4 is 5.97 Å². The minimum Gasteiger partial charge on any atom is -0.481 e. The Morgan fingerprint density at radius 2 is 2.12 bits per heavy atom. The van der Waals surface area contributed by atoms with Crippen molar-refractivity contribution in [3.8, 4) is 0 Å². The predicted molar refractivity (Wildman–Crippen MR) is 65.5 cm³/mol. The van der Waals surface area contributed by atoms with Gasteiger partial charge in [-0.2, -0.15) is 0 Å². The van der Waals surface area contributed by atoms with Crippen molar-refractivity contribution in [1.29, 1.82) is 0 Å². The van der Waals surface area contributed by atoms with Gasteiger partial charge >= 0.3 is 5.97 Å². The second kappa shape index (κ2) is 5.67. The molecule has 0 aromatic rings. The third kappa shape index (κ3) is 3.78. The van der Waals surface area contributed by atoms with Crippen LogP contribution in [0.3, 0.4) is 0 Å². The molecule has 0 saturated carbocycles. The fraction of sp³-hybridized carbons (Fsp3) is 0.923. The van der Waals surface area contributed by atoms with Gasteiger partial charge in [0.15, 0.2) is 0 Å². The van der Waals surface area contributed by atoms with Gasteiger partial charge in [0.1, 0.15) is 0 Å². The molecule has 0 amide bonds. The molecule has 0 aliphatic carbocycles. The van der Waals surface area contributed by atoms with Gasteiger partial charge in [-0.05, 0) is 39.2 Å². The summed E-state index contributed by atoms with van der Waals surface area (Å²) < 4.78 is 0. The van der Waals surface area contributed by atoms with Crippen LogP contribution in [0.15, 0.2) is 0 Å². The summed E-state index contributed by atoms with van der Waals surface area (Å²) in [6.45, 7) is 8.77. The Bertz CT molecular complexity index is 238. The lowest BCUT2D eigenvalue weighted by molar-refractivity contribution is -0.138. The van der Waals surface area contributed by atoms with Crippen LogP contribution in [0.1, 0.15) is 52.9 Å². The van der Waals surface area contributed by atoms with Crippen LogP contribution in [0.5, 0.6) is 0 Å². The Morgan fingerprint density at radius 1 is 1.44 bits per heavy atom. The van der Waals surface area contributed by atoms with Crippen molar-refractivity contribution in [2.45, 2.75) is 58.4 Å². The number of unbranched alkanes of at least 4 members (excludes halogenated alkanes) is 2. The lowest BCUT2D eigenvalue weighted by atomic mass is 9.94. The number of likely N-dealkylation sites (tertiary alicyclic amines) is 1. The highest BCUT2D eigenvalue weighted by molar-refractivity contribution is 5.67. The Labute approximate surface area is 98.8 Å². The summed E-state index contributed by atoms with van der Waals surface area (Å²) in [6, 6.07) is 0. The van der Waals surface area contributed by atoms with Crippen LogP contribution < -0.4 is 0 Å². The molecule has 1 aliphatic rings. The SMILES string of the molecule is CCCCCN1CC(CC(=O)O)CC1(C)C. The molecular formula is C13H25NO2. The van der Waals surface area contributed by atoms with Gasteiger partial charge < -0.3 is 5.11 Å². The van der Waals surface area contributed by atoms with E-state index in [0.717, 1.165) is 19.5 Å². The minimum atomic E-state index is -0.656. The molecule has 1 atom stereocenters. The highest BCUT2D eigenvalue weighted by Crippen LogP contribution is 2.34. The van der Waals surface area contributed by atoms with Crippen molar-refractivity contribution < 1.29 is 9.90 Å². The molecule has 1 aliphatic heterocycles. The van der Waals surface area contributed by atoms with Gasteiger partial charge in [0, 0.05) is 18.5 Å². The zero-order valence-electron chi connectivity index (χ0n) is 10.8. The van der Waals surface area contributed by atoms with Crippen molar-refractivity contribution in [3.63, 3.8) is 0 Å². The third-order valence-corrected chi connectivity index (χ3v) is 3.62. The highest BCUT2D eigenvalue weighted by atomic mass is 16.4. The van der Waals surface area contributed by atoms with Crippen LogP contribution >= 0.6 is 0 Å². The number of carboxylic acid groups (broad SMARTS) is 1. The van der Waals surface area contributed by atoms with Gasteiger partial charge in [-0.3, -0.25) is 9.69 Å². The zero-order valence-corrected chi connectivity index (χ0v) is 10.8. The van der Waals surface area contributed by atoms with Gasteiger partial charge in [-0.1, -0.05) is 19.8 Å². The van der Waals surface area contributed by atoms with Gasteiger partial charge in [0.2, 0.25) is 0 Å². The van der Waals surface area contributed by atoms with E-state index < -0.39 is 5.97 Å². The van der Waals surface area contributed by atoms with Gasteiger partial charge in [0.05, 0.1) is 0 Å². The molecule has 1 saturated heterocycles. The normalized spacial score (nSPS) is 24.8. The van der Waals surface area contributed by atoms with E-state index in [1.54, 1.807) is 0 Å². The topological polar surface area (TPSA) is 40.5 Å². The lowest BCUT2D eigenvalue weighted by Gasteiger charge is -2.31. The van der Waals surface area contributed by atoms with Crippen molar-refractivity contribution in [1.82, 2.24) is 4.90 Å². The van der Waals surface area contributed by atoms with E-state index in [4.69, 9.17) is 5.11 Å². The van der Waals surface area contributed by atoms with Gasteiger partial charge in [-0.15, -0.1) is 0 Å². The molecule has 3 nitrogen and oxygen atoms in total. The molecule has 3 heteroatoms. The number of carboxylic acids is 1.